The van der Waals surface area contributed by atoms with E-state index in [2.05, 4.69) is 10.4 Å². The van der Waals surface area contributed by atoms with Gasteiger partial charge in [-0.05, 0) is 52.4 Å². The predicted octanol–water partition coefficient (Wildman–Crippen LogP) is 2.45. The average molecular weight is 367 g/mol. The summed E-state index contributed by atoms with van der Waals surface area (Å²) >= 11 is 6.15. The molecule has 2 aliphatic rings. The Balaban J connectivity index is 1.47. The Morgan fingerprint density at radius 3 is 2.64 bits per heavy atom. The quantitative estimate of drug-likeness (QED) is 0.786. The molecule has 2 amide bonds. The molecule has 0 bridgehead atoms. The Labute approximate surface area is 153 Å². The van der Waals surface area contributed by atoms with Crippen molar-refractivity contribution in [2.75, 3.05) is 13.1 Å². The SMILES string of the molecule is Cc1nn(CCCNC(=O)C2CCCCN2C(=O)C2CC2)c(C)c1Cl. The number of halogens is 1. The summed E-state index contributed by atoms with van der Waals surface area (Å²) in [4.78, 5) is 26.7. The second kappa shape index (κ2) is 7.77. The number of hydrogen-bond donors (Lipinski definition) is 1. The summed E-state index contributed by atoms with van der Waals surface area (Å²) in [6, 6.07) is -0.287. The zero-order valence-electron chi connectivity index (χ0n) is 15.1. The Morgan fingerprint density at radius 1 is 1.24 bits per heavy atom. The van der Waals surface area contributed by atoms with Crippen molar-refractivity contribution >= 4 is 23.4 Å². The lowest BCUT2D eigenvalue weighted by Gasteiger charge is -2.35. The lowest BCUT2D eigenvalue weighted by molar-refractivity contribution is -0.143. The van der Waals surface area contributed by atoms with E-state index in [-0.39, 0.29) is 23.8 Å². The van der Waals surface area contributed by atoms with E-state index in [9.17, 15) is 9.59 Å². The van der Waals surface area contributed by atoms with Crippen molar-refractivity contribution in [3.8, 4) is 0 Å². The van der Waals surface area contributed by atoms with Crippen LogP contribution in [0.4, 0.5) is 0 Å². The number of amides is 2. The van der Waals surface area contributed by atoms with Crippen molar-refractivity contribution < 1.29 is 9.59 Å². The molecule has 2 heterocycles. The van der Waals surface area contributed by atoms with Crippen LogP contribution < -0.4 is 5.32 Å². The molecule has 0 spiro atoms. The van der Waals surface area contributed by atoms with Crippen LogP contribution in [0.3, 0.4) is 0 Å². The van der Waals surface area contributed by atoms with Gasteiger partial charge in [0.05, 0.1) is 16.4 Å². The van der Waals surface area contributed by atoms with Crippen LogP contribution in [0.2, 0.25) is 5.02 Å². The van der Waals surface area contributed by atoms with Crippen LogP contribution in [0.15, 0.2) is 0 Å². The molecule has 1 saturated carbocycles. The summed E-state index contributed by atoms with van der Waals surface area (Å²) < 4.78 is 1.88. The van der Waals surface area contributed by atoms with Crippen molar-refractivity contribution in [1.82, 2.24) is 20.0 Å². The van der Waals surface area contributed by atoms with E-state index in [4.69, 9.17) is 11.6 Å². The van der Waals surface area contributed by atoms with Crippen molar-refractivity contribution in [3.05, 3.63) is 16.4 Å². The van der Waals surface area contributed by atoms with Crippen LogP contribution in [0.1, 0.15) is 49.9 Å². The molecule has 1 atom stereocenters. The Hall–Kier alpha value is -1.56. The van der Waals surface area contributed by atoms with Gasteiger partial charge in [0, 0.05) is 25.6 Å². The molecule has 1 aliphatic carbocycles. The summed E-state index contributed by atoms with van der Waals surface area (Å²) in [6.07, 6.45) is 5.53. The fraction of sp³-hybridized carbons (Fsp3) is 0.722. The average Bonchev–Trinajstić information content (AvgIpc) is 3.43. The number of carbonyl (C=O) groups is 2. The van der Waals surface area contributed by atoms with E-state index >= 15 is 0 Å². The number of hydrogen-bond acceptors (Lipinski definition) is 3. The van der Waals surface area contributed by atoms with Crippen LogP contribution in [0.25, 0.3) is 0 Å². The van der Waals surface area contributed by atoms with E-state index in [0.717, 1.165) is 63.0 Å². The van der Waals surface area contributed by atoms with Gasteiger partial charge in [-0.25, -0.2) is 0 Å². The molecule has 2 fully saturated rings. The predicted molar refractivity (Wildman–Crippen MR) is 96.4 cm³/mol. The van der Waals surface area contributed by atoms with Crippen molar-refractivity contribution in [1.29, 1.82) is 0 Å². The number of aromatic nitrogens is 2. The first-order valence-electron chi connectivity index (χ1n) is 9.26. The summed E-state index contributed by atoms with van der Waals surface area (Å²) in [5, 5.41) is 8.11. The molecule has 6 nitrogen and oxygen atoms in total. The molecule has 1 N–H and O–H groups in total. The van der Waals surface area contributed by atoms with E-state index in [1.54, 1.807) is 0 Å². The number of piperidine rings is 1. The monoisotopic (exact) mass is 366 g/mol. The third-order valence-corrected chi connectivity index (χ3v) is 5.70. The molecule has 0 radical (unpaired) electrons. The van der Waals surface area contributed by atoms with E-state index in [1.165, 1.54) is 0 Å². The molecule has 3 rings (SSSR count). The number of likely N-dealkylation sites (tertiary alicyclic amines) is 1. The number of aryl methyl sites for hydroxylation is 2. The van der Waals surface area contributed by atoms with Crippen molar-refractivity contribution in [2.45, 2.75) is 65.0 Å². The Bertz CT molecular complexity index is 654. The zero-order chi connectivity index (χ0) is 18.0. The molecule has 1 unspecified atom stereocenters. The Morgan fingerprint density at radius 2 is 2.00 bits per heavy atom. The highest BCUT2D eigenvalue weighted by molar-refractivity contribution is 6.31. The van der Waals surface area contributed by atoms with Gasteiger partial charge in [-0.1, -0.05) is 11.6 Å². The van der Waals surface area contributed by atoms with Gasteiger partial charge in [0.1, 0.15) is 6.04 Å². The molecule has 25 heavy (non-hydrogen) atoms. The molecule has 1 aromatic heterocycles. The first kappa shape index (κ1) is 18.2. The molecule has 0 aromatic carbocycles. The van der Waals surface area contributed by atoms with Crippen LogP contribution >= 0.6 is 11.6 Å². The first-order valence-corrected chi connectivity index (χ1v) is 9.64. The highest BCUT2D eigenvalue weighted by Crippen LogP contribution is 2.33. The smallest absolute Gasteiger partial charge is 0.242 e. The largest absolute Gasteiger partial charge is 0.354 e. The number of rotatable bonds is 6. The van der Waals surface area contributed by atoms with Crippen LogP contribution in [0.5, 0.6) is 0 Å². The topological polar surface area (TPSA) is 67.2 Å². The van der Waals surface area contributed by atoms with Gasteiger partial charge >= 0.3 is 0 Å². The standard InChI is InChI=1S/C18H27ClN4O2/c1-12-16(19)13(2)23(21-12)11-5-9-20-17(24)15-6-3-4-10-22(15)18(25)14-7-8-14/h14-15H,3-11H2,1-2H3,(H,20,24). The van der Waals surface area contributed by atoms with E-state index in [0.29, 0.717) is 11.6 Å². The molecule has 7 heteroatoms. The highest BCUT2D eigenvalue weighted by atomic mass is 35.5. The third-order valence-electron chi connectivity index (χ3n) is 5.15. The van der Waals surface area contributed by atoms with Crippen molar-refractivity contribution in [2.24, 2.45) is 5.92 Å². The second-order valence-electron chi connectivity index (χ2n) is 7.17. The van der Waals surface area contributed by atoms with Gasteiger partial charge < -0.3 is 10.2 Å². The highest BCUT2D eigenvalue weighted by Gasteiger charge is 2.39. The van der Waals surface area contributed by atoms with Gasteiger partial charge in [0.2, 0.25) is 11.8 Å². The fourth-order valence-electron chi connectivity index (χ4n) is 3.48. The van der Waals surface area contributed by atoms with Crippen molar-refractivity contribution in [3.63, 3.8) is 0 Å². The lowest BCUT2D eigenvalue weighted by atomic mass is 10.0. The third kappa shape index (κ3) is 4.17. The summed E-state index contributed by atoms with van der Waals surface area (Å²) in [5.74, 6) is 0.335. The fourth-order valence-corrected chi connectivity index (χ4v) is 3.62. The first-order chi connectivity index (χ1) is 12.0. The molecule has 1 aliphatic heterocycles. The summed E-state index contributed by atoms with van der Waals surface area (Å²) in [5.41, 5.74) is 1.79. The van der Waals surface area contributed by atoms with E-state index in [1.807, 2.05) is 23.4 Å². The normalized spacial score (nSPS) is 20.6. The van der Waals surface area contributed by atoms with E-state index < -0.39 is 0 Å². The van der Waals surface area contributed by atoms with Gasteiger partial charge in [-0.2, -0.15) is 5.10 Å². The minimum absolute atomic E-state index is 0.0138. The molecule has 1 aromatic rings. The second-order valence-corrected chi connectivity index (χ2v) is 7.55. The van der Waals surface area contributed by atoms with Gasteiger partial charge in [0.25, 0.3) is 0 Å². The molecule has 138 valence electrons. The van der Waals surface area contributed by atoms with Crippen LogP contribution in [0, 0.1) is 19.8 Å². The molecule has 1 saturated heterocycles. The zero-order valence-corrected chi connectivity index (χ0v) is 15.8. The Kier molecular flexibility index (Phi) is 5.67. The number of nitrogens with zero attached hydrogens (tertiary/aromatic N) is 3. The maximum Gasteiger partial charge on any atom is 0.242 e. The molecular weight excluding hydrogens is 340 g/mol. The van der Waals surface area contributed by atoms with Crippen LogP contribution in [-0.4, -0.2) is 45.6 Å². The molecular formula is C18H27ClN4O2. The summed E-state index contributed by atoms with van der Waals surface area (Å²) in [6.45, 7) is 5.86. The minimum Gasteiger partial charge on any atom is -0.354 e. The summed E-state index contributed by atoms with van der Waals surface area (Å²) in [7, 11) is 0. The van der Waals surface area contributed by atoms with Gasteiger partial charge in [-0.3, -0.25) is 14.3 Å². The van der Waals surface area contributed by atoms with Crippen LogP contribution in [-0.2, 0) is 16.1 Å². The minimum atomic E-state index is -0.287. The van der Waals surface area contributed by atoms with Gasteiger partial charge in [-0.15, -0.1) is 0 Å². The van der Waals surface area contributed by atoms with Gasteiger partial charge in [0.15, 0.2) is 0 Å². The number of carbonyl (C=O) groups excluding carboxylic acids is 2. The maximum atomic E-state index is 12.5. The lowest BCUT2D eigenvalue weighted by Crippen LogP contribution is -2.52. The number of nitrogens with one attached hydrogen (secondary N) is 1. The maximum absolute atomic E-state index is 12.5.